The Bertz CT molecular complexity index is 380. The summed E-state index contributed by atoms with van der Waals surface area (Å²) in [6.45, 7) is 6.19. The van der Waals surface area contributed by atoms with Gasteiger partial charge in [0.25, 0.3) is 5.91 Å². The predicted octanol–water partition coefficient (Wildman–Crippen LogP) is 1.53. The second-order valence-electron chi connectivity index (χ2n) is 4.37. The predicted molar refractivity (Wildman–Crippen MR) is 71.8 cm³/mol. The van der Waals surface area contributed by atoms with Crippen molar-refractivity contribution >= 4 is 11.7 Å². The number of amides is 1. The largest absolute Gasteiger partial charge is 0.379 e. The van der Waals surface area contributed by atoms with E-state index in [2.05, 4.69) is 29.5 Å². The van der Waals surface area contributed by atoms with Gasteiger partial charge >= 0.3 is 0 Å². The molecule has 0 atom stereocenters. The first-order chi connectivity index (χ1) is 8.65. The molecule has 0 aliphatic heterocycles. The normalized spacial score (nSPS) is 10.4. The third-order valence-electron chi connectivity index (χ3n) is 2.27. The molecular formula is C13H21N3O2. The van der Waals surface area contributed by atoms with Gasteiger partial charge in [0.15, 0.2) is 0 Å². The van der Waals surface area contributed by atoms with Crippen molar-refractivity contribution in [2.45, 2.75) is 13.8 Å². The Kier molecular flexibility index (Phi) is 6.14. The van der Waals surface area contributed by atoms with Crippen molar-refractivity contribution < 1.29 is 9.53 Å². The molecule has 0 aliphatic carbocycles. The Hall–Kier alpha value is -1.62. The van der Waals surface area contributed by atoms with E-state index in [0.717, 1.165) is 6.61 Å². The lowest BCUT2D eigenvalue weighted by Crippen LogP contribution is -2.21. The van der Waals surface area contributed by atoms with Crippen LogP contribution in [0.3, 0.4) is 0 Å². The van der Waals surface area contributed by atoms with E-state index in [1.165, 1.54) is 0 Å². The Morgan fingerprint density at radius 2 is 2.28 bits per heavy atom. The summed E-state index contributed by atoms with van der Waals surface area (Å²) in [7, 11) is 1.60. The van der Waals surface area contributed by atoms with Crippen LogP contribution in [0.2, 0.25) is 0 Å². The lowest BCUT2D eigenvalue weighted by atomic mass is 10.2. The molecule has 0 aromatic carbocycles. The first-order valence-corrected chi connectivity index (χ1v) is 6.14. The lowest BCUT2D eigenvalue weighted by Gasteiger charge is -2.10. The highest BCUT2D eigenvalue weighted by molar-refractivity contribution is 5.98. The Morgan fingerprint density at radius 3 is 2.94 bits per heavy atom. The summed E-state index contributed by atoms with van der Waals surface area (Å²) < 4.78 is 5.45. The fourth-order valence-electron chi connectivity index (χ4n) is 1.42. The fourth-order valence-corrected chi connectivity index (χ4v) is 1.42. The molecule has 0 spiro atoms. The molecule has 0 radical (unpaired) electrons. The van der Waals surface area contributed by atoms with Gasteiger partial charge in [0.2, 0.25) is 0 Å². The van der Waals surface area contributed by atoms with Crippen molar-refractivity contribution in [3.05, 3.63) is 23.9 Å². The summed E-state index contributed by atoms with van der Waals surface area (Å²) in [6.07, 6.45) is 1.66. The Labute approximate surface area is 108 Å². The number of aromatic nitrogens is 1. The number of anilines is 1. The van der Waals surface area contributed by atoms with E-state index in [1.54, 1.807) is 25.4 Å². The van der Waals surface area contributed by atoms with Crippen molar-refractivity contribution in [3.8, 4) is 0 Å². The number of ether oxygens (including phenoxy) is 1. The van der Waals surface area contributed by atoms with Gasteiger partial charge in [0.05, 0.1) is 12.2 Å². The van der Waals surface area contributed by atoms with Gasteiger partial charge in [-0.15, -0.1) is 0 Å². The van der Waals surface area contributed by atoms with Gasteiger partial charge in [-0.25, -0.2) is 4.98 Å². The molecule has 18 heavy (non-hydrogen) atoms. The smallest absolute Gasteiger partial charge is 0.254 e. The van der Waals surface area contributed by atoms with Crippen molar-refractivity contribution in [3.63, 3.8) is 0 Å². The summed E-state index contributed by atoms with van der Waals surface area (Å²) in [5.74, 6) is 0.972. The highest BCUT2D eigenvalue weighted by Crippen LogP contribution is 2.10. The average Bonchev–Trinajstić information content (AvgIpc) is 2.37. The van der Waals surface area contributed by atoms with E-state index in [4.69, 9.17) is 4.74 Å². The van der Waals surface area contributed by atoms with Gasteiger partial charge in [-0.05, 0) is 18.1 Å². The topological polar surface area (TPSA) is 63.2 Å². The number of hydrogen-bond acceptors (Lipinski definition) is 4. The molecule has 0 saturated carbocycles. The molecule has 0 aliphatic rings. The molecule has 1 amide bonds. The van der Waals surface area contributed by atoms with E-state index < -0.39 is 0 Å². The van der Waals surface area contributed by atoms with Crippen LogP contribution in [0.4, 0.5) is 5.82 Å². The molecule has 100 valence electrons. The molecular weight excluding hydrogens is 230 g/mol. The van der Waals surface area contributed by atoms with Crippen LogP contribution < -0.4 is 10.6 Å². The third kappa shape index (κ3) is 4.71. The minimum absolute atomic E-state index is 0.145. The number of nitrogens with one attached hydrogen (secondary N) is 2. The summed E-state index contributed by atoms with van der Waals surface area (Å²) in [5.41, 5.74) is 0.545. The van der Waals surface area contributed by atoms with Gasteiger partial charge in [0.1, 0.15) is 5.82 Å². The van der Waals surface area contributed by atoms with Gasteiger partial charge in [-0.2, -0.15) is 0 Å². The number of pyridine rings is 1. The maximum absolute atomic E-state index is 11.6. The molecule has 0 bridgehead atoms. The zero-order valence-corrected chi connectivity index (χ0v) is 11.2. The van der Waals surface area contributed by atoms with Crippen molar-refractivity contribution in [1.82, 2.24) is 10.3 Å². The number of hydrogen-bond donors (Lipinski definition) is 2. The molecule has 1 heterocycles. The van der Waals surface area contributed by atoms with Gasteiger partial charge in [-0.3, -0.25) is 4.79 Å². The quantitative estimate of drug-likeness (QED) is 0.721. The SMILES string of the molecule is CNC(=O)c1cccnc1NCCOCC(C)C. The minimum atomic E-state index is -0.145. The highest BCUT2D eigenvalue weighted by Gasteiger charge is 2.09. The van der Waals surface area contributed by atoms with Crippen LogP contribution in [-0.4, -0.2) is 37.7 Å². The van der Waals surface area contributed by atoms with Crippen LogP contribution in [0.25, 0.3) is 0 Å². The van der Waals surface area contributed by atoms with Crippen LogP contribution in [0.1, 0.15) is 24.2 Å². The zero-order chi connectivity index (χ0) is 13.4. The number of nitrogens with zero attached hydrogens (tertiary/aromatic N) is 1. The lowest BCUT2D eigenvalue weighted by molar-refractivity contribution is 0.0963. The van der Waals surface area contributed by atoms with Gasteiger partial charge < -0.3 is 15.4 Å². The van der Waals surface area contributed by atoms with Gasteiger partial charge in [0, 0.05) is 26.4 Å². The maximum Gasteiger partial charge on any atom is 0.254 e. The Morgan fingerprint density at radius 1 is 1.50 bits per heavy atom. The number of rotatable bonds is 7. The Balaban J connectivity index is 2.44. The first kappa shape index (κ1) is 14.4. The number of carbonyl (C=O) groups excluding carboxylic acids is 1. The van der Waals surface area contributed by atoms with Crippen LogP contribution in [0, 0.1) is 5.92 Å². The second-order valence-corrected chi connectivity index (χ2v) is 4.37. The molecule has 0 unspecified atom stereocenters. The van der Waals surface area contributed by atoms with Crippen LogP contribution in [-0.2, 0) is 4.74 Å². The first-order valence-electron chi connectivity index (χ1n) is 6.14. The molecule has 1 aromatic heterocycles. The molecule has 0 saturated heterocycles. The third-order valence-corrected chi connectivity index (χ3v) is 2.27. The standard InChI is InChI=1S/C13H21N3O2/c1-10(2)9-18-8-7-16-12-11(13(17)14-3)5-4-6-15-12/h4-6,10H,7-9H2,1-3H3,(H,14,17)(H,15,16). The summed E-state index contributed by atoms with van der Waals surface area (Å²) in [5, 5.41) is 5.69. The van der Waals surface area contributed by atoms with Crippen LogP contribution >= 0.6 is 0 Å². The molecule has 2 N–H and O–H groups in total. The van der Waals surface area contributed by atoms with Crippen molar-refractivity contribution in [2.24, 2.45) is 5.92 Å². The fraction of sp³-hybridized carbons (Fsp3) is 0.538. The molecule has 0 fully saturated rings. The minimum Gasteiger partial charge on any atom is -0.379 e. The van der Waals surface area contributed by atoms with E-state index in [1.807, 2.05) is 0 Å². The highest BCUT2D eigenvalue weighted by atomic mass is 16.5. The second kappa shape index (κ2) is 7.66. The molecule has 1 aromatic rings. The molecule has 1 rings (SSSR count). The average molecular weight is 251 g/mol. The summed E-state index contributed by atoms with van der Waals surface area (Å²) in [4.78, 5) is 15.7. The number of carbonyl (C=O) groups is 1. The monoisotopic (exact) mass is 251 g/mol. The summed E-state index contributed by atoms with van der Waals surface area (Å²) >= 11 is 0. The zero-order valence-electron chi connectivity index (χ0n) is 11.2. The summed E-state index contributed by atoms with van der Waals surface area (Å²) in [6, 6.07) is 3.48. The van der Waals surface area contributed by atoms with Crippen LogP contribution in [0.5, 0.6) is 0 Å². The van der Waals surface area contributed by atoms with Crippen LogP contribution in [0.15, 0.2) is 18.3 Å². The molecule has 5 heteroatoms. The maximum atomic E-state index is 11.6. The van der Waals surface area contributed by atoms with Gasteiger partial charge in [-0.1, -0.05) is 13.8 Å². The van der Waals surface area contributed by atoms with Crippen molar-refractivity contribution in [1.29, 1.82) is 0 Å². The van der Waals surface area contributed by atoms with E-state index in [0.29, 0.717) is 30.5 Å². The van der Waals surface area contributed by atoms with E-state index in [-0.39, 0.29) is 5.91 Å². The van der Waals surface area contributed by atoms with E-state index in [9.17, 15) is 4.79 Å². The van der Waals surface area contributed by atoms with E-state index >= 15 is 0 Å². The molecule has 5 nitrogen and oxygen atoms in total. The van der Waals surface area contributed by atoms with Crippen molar-refractivity contribution in [2.75, 3.05) is 32.1 Å².